The molecular formula is C23H31N5O3. The fourth-order valence-corrected chi connectivity index (χ4v) is 3.96. The van der Waals surface area contributed by atoms with E-state index in [0.29, 0.717) is 31.0 Å². The molecule has 8 heteroatoms. The molecule has 0 atom stereocenters. The normalized spacial score (nSPS) is 18.8. The number of nitrogens with zero attached hydrogens (tertiary/aromatic N) is 3. The van der Waals surface area contributed by atoms with Crippen LogP contribution in [0.25, 0.3) is 5.65 Å². The van der Waals surface area contributed by atoms with Crippen LogP contribution in [-0.2, 0) is 6.42 Å². The Kier molecular flexibility index (Phi) is 6.89. The number of aromatic nitrogens is 3. The molecule has 0 saturated heterocycles. The number of aliphatic hydroxyl groups is 1. The lowest BCUT2D eigenvalue weighted by molar-refractivity contribution is 0.140. The molecule has 8 nitrogen and oxygen atoms in total. The summed E-state index contributed by atoms with van der Waals surface area (Å²) in [5.74, 6) is 2.23. The second-order valence-electron chi connectivity index (χ2n) is 7.91. The Morgan fingerprint density at radius 3 is 2.65 bits per heavy atom. The lowest BCUT2D eigenvalue weighted by atomic mass is 9.94. The summed E-state index contributed by atoms with van der Waals surface area (Å²) in [5, 5.41) is 17.4. The molecule has 0 radical (unpaired) electrons. The molecule has 31 heavy (non-hydrogen) atoms. The first-order valence-electron chi connectivity index (χ1n) is 11.1. The molecular weight excluding hydrogens is 394 g/mol. The Labute approximate surface area is 182 Å². The van der Waals surface area contributed by atoms with Gasteiger partial charge in [0.15, 0.2) is 5.65 Å². The number of nitrogens with two attached hydrogens (primary N) is 1. The summed E-state index contributed by atoms with van der Waals surface area (Å²) >= 11 is 0. The van der Waals surface area contributed by atoms with Crippen molar-refractivity contribution in [2.24, 2.45) is 5.73 Å². The maximum absolute atomic E-state index is 9.47. The van der Waals surface area contributed by atoms with Crippen LogP contribution >= 0.6 is 0 Å². The van der Waals surface area contributed by atoms with Crippen LogP contribution in [0, 0.1) is 0 Å². The molecule has 0 unspecified atom stereocenters. The molecule has 2 heterocycles. The van der Waals surface area contributed by atoms with Gasteiger partial charge >= 0.3 is 0 Å². The minimum Gasteiger partial charge on any atom is -0.494 e. The van der Waals surface area contributed by atoms with E-state index in [-0.39, 0.29) is 18.8 Å². The number of aliphatic hydroxyl groups excluding tert-OH is 1. The molecule has 0 bridgehead atoms. The number of hydrogen-bond donors (Lipinski definition) is 3. The number of ether oxygens (including phenoxy) is 2. The van der Waals surface area contributed by atoms with E-state index in [1.54, 1.807) is 10.7 Å². The molecule has 166 valence electrons. The number of rotatable bonds is 9. The zero-order valence-electron chi connectivity index (χ0n) is 18.0. The molecule has 1 aliphatic carbocycles. The van der Waals surface area contributed by atoms with Gasteiger partial charge in [0.05, 0.1) is 18.4 Å². The van der Waals surface area contributed by atoms with Crippen LogP contribution in [0.5, 0.6) is 11.6 Å². The fraction of sp³-hybridized carbons (Fsp3) is 0.478. The van der Waals surface area contributed by atoms with Crippen molar-refractivity contribution < 1.29 is 14.6 Å². The topological polar surface area (TPSA) is 107 Å². The lowest BCUT2D eigenvalue weighted by Crippen LogP contribution is -2.32. The van der Waals surface area contributed by atoms with Crippen molar-refractivity contribution in [2.75, 3.05) is 18.5 Å². The number of fused-ring (bicyclic) bond motifs is 1. The summed E-state index contributed by atoms with van der Waals surface area (Å²) in [6.45, 7) is 2.69. The van der Waals surface area contributed by atoms with Gasteiger partial charge in [0.25, 0.3) is 0 Å². The highest BCUT2D eigenvalue weighted by Crippen LogP contribution is 2.32. The smallest absolute Gasteiger partial charge is 0.222 e. The Morgan fingerprint density at radius 2 is 1.94 bits per heavy atom. The van der Waals surface area contributed by atoms with Gasteiger partial charge in [0.2, 0.25) is 5.88 Å². The minimum atomic E-state index is 0.0946. The summed E-state index contributed by atoms with van der Waals surface area (Å²) < 4.78 is 13.7. The van der Waals surface area contributed by atoms with Gasteiger partial charge in [-0.05, 0) is 69.7 Å². The quantitative estimate of drug-likeness (QED) is 0.482. The first-order valence-corrected chi connectivity index (χ1v) is 11.1. The van der Waals surface area contributed by atoms with Crippen molar-refractivity contribution >= 4 is 17.2 Å². The average Bonchev–Trinajstić information content (AvgIpc) is 3.25. The summed E-state index contributed by atoms with van der Waals surface area (Å²) in [5.41, 5.74) is 8.59. The zero-order valence-corrected chi connectivity index (χ0v) is 18.0. The fourth-order valence-electron chi connectivity index (χ4n) is 3.96. The maximum Gasteiger partial charge on any atom is 0.222 e. The van der Waals surface area contributed by atoms with Crippen molar-refractivity contribution in [3.05, 3.63) is 42.1 Å². The molecule has 3 aromatic rings. The molecule has 1 fully saturated rings. The van der Waals surface area contributed by atoms with Crippen LogP contribution in [-0.4, -0.2) is 45.1 Å². The van der Waals surface area contributed by atoms with Crippen LogP contribution < -0.4 is 20.5 Å². The molecule has 0 spiro atoms. The van der Waals surface area contributed by atoms with E-state index in [2.05, 4.69) is 10.4 Å². The van der Waals surface area contributed by atoms with Gasteiger partial charge in [-0.3, -0.25) is 0 Å². The van der Waals surface area contributed by atoms with E-state index in [9.17, 15) is 5.11 Å². The summed E-state index contributed by atoms with van der Waals surface area (Å²) in [7, 11) is 0. The number of benzene rings is 1. The van der Waals surface area contributed by atoms with Gasteiger partial charge in [-0.1, -0.05) is 0 Å². The highest BCUT2D eigenvalue weighted by molar-refractivity contribution is 5.65. The first-order chi connectivity index (χ1) is 15.2. The van der Waals surface area contributed by atoms with Gasteiger partial charge in [-0.25, -0.2) is 0 Å². The first kappa shape index (κ1) is 21.4. The molecule has 4 rings (SSSR count). The molecule has 0 aliphatic heterocycles. The number of nitrogens with one attached hydrogen (secondary N) is 1. The van der Waals surface area contributed by atoms with Crippen LogP contribution in [0.3, 0.4) is 0 Å². The number of hydrogen-bond acceptors (Lipinski definition) is 7. The largest absolute Gasteiger partial charge is 0.494 e. The number of anilines is 2. The molecule has 1 aliphatic rings. The van der Waals surface area contributed by atoms with E-state index < -0.39 is 0 Å². The average molecular weight is 426 g/mol. The molecule has 1 saturated carbocycles. The third kappa shape index (κ3) is 5.08. The van der Waals surface area contributed by atoms with Crippen molar-refractivity contribution in [3.63, 3.8) is 0 Å². The van der Waals surface area contributed by atoms with Gasteiger partial charge in [-0.2, -0.15) is 14.6 Å². The van der Waals surface area contributed by atoms with Gasteiger partial charge < -0.3 is 25.6 Å². The van der Waals surface area contributed by atoms with Crippen molar-refractivity contribution in [3.8, 4) is 11.6 Å². The van der Waals surface area contributed by atoms with E-state index >= 15 is 0 Å². The predicted octanol–water partition coefficient (Wildman–Crippen LogP) is 3.45. The second-order valence-corrected chi connectivity index (χ2v) is 7.91. The van der Waals surface area contributed by atoms with Gasteiger partial charge in [-0.15, -0.1) is 0 Å². The highest BCUT2D eigenvalue weighted by Gasteiger charge is 2.24. The maximum atomic E-state index is 9.47. The standard InChI is InChI=1S/C23H31N5O3/c1-2-30-18-11-7-17(8-12-18)26-22-20(4-3-15-29)23(27-21-13-14-25-28(21)22)31-19-9-5-16(24)6-10-19/h7-8,11-14,16,19,26,29H,2-6,9-10,15,24H2,1H3. The minimum absolute atomic E-state index is 0.0946. The Balaban J connectivity index is 1.68. The Bertz CT molecular complexity index is 981. The summed E-state index contributed by atoms with van der Waals surface area (Å²) in [6.07, 6.45) is 6.83. The summed E-state index contributed by atoms with van der Waals surface area (Å²) in [6, 6.07) is 9.94. The zero-order chi connectivity index (χ0) is 21.6. The van der Waals surface area contributed by atoms with Crippen LogP contribution in [0.15, 0.2) is 36.5 Å². The van der Waals surface area contributed by atoms with E-state index in [1.165, 1.54) is 0 Å². The summed E-state index contributed by atoms with van der Waals surface area (Å²) in [4.78, 5) is 4.75. The van der Waals surface area contributed by atoms with Crippen molar-refractivity contribution in [2.45, 2.75) is 57.6 Å². The van der Waals surface area contributed by atoms with Crippen LogP contribution in [0.2, 0.25) is 0 Å². The Morgan fingerprint density at radius 1 is 1.16 bits per heavy atom. The van der Waals surface area contributed by atoms with E-state index in [1.807, 2.05) is 37.3 Å². The van der Waals surface area contributed by atoms with E-state index in [4.69, 9.17) is 20.2 Å². The third-order valence-electron chi connectivity index (χ3n) is 5.60. The predicted molar refractivity (Wildman–Crippen MR) is 120 cm³/mol. The molecule has 2 aromatic heterocycles. The Hall–Kier alpha value is -2.84. The SMILES string of the molecule is CCOc1ccc(Nc2c(CCCO)c(OC3CCC(N)CC3)nc3ccnn23)cc1. The third-order valence-corrected chi connectivity index (χ3v) is 5.60. The van der Waals surface area contributed by atoms with Crippen molar-refractivity contribution in [1.29, 1.82) is 0 Å². The highest BCUT2D eigenvalue weighted by atomic mass is 16.5. The van der Waals surface area contributed by atoms with Crippen LogP contribution in [0.1, 0.15) is 44.6 Å². The van der Waals surface area contributed by atoms with Gasteiger partial charge in [0, 0.05) is 24.4 Å². The monoisotopic (exact) mass is 425 g/mol. The second kappa shape index (κ2) is 9.98. The molecule has 4 N–H and O–H groups in total. The van der Waals surface area contributed by atoms with E-state index in [0.717, 1.165) is 48.5 Å². The molecule has 1 aromatic carbocycles. The van der Waals surface area contributed by atoms with Crippen molar-refractivity contribution in [1.82, 2.24) is 14.6 Å². The van der Waals surface area contributed by atoms with Crippen LogP contribution in [0.4, 0.5) is 11.5 Å². The molecule has 0 amide bonds. The van der Waals surface area contributed by atoms with Gasteiger partial charge in [0.1, 0.15) is 17.7 Å². The lowest BCUT2D eigenvalue weighted by Gasteiger charge is -2.27.